The zero-order valence-electron chi connectivity index (χ0n) is 13.8. The third-order valence-corrected chi connectivity index (χ3v) is 4.18. The summed E-state index contributed by atoms with van der Waals surface area (Å²) in [7, 11) is 0. The molecule has 1 aromatic heterocycles. The Morgan fingerprint density at radius 2 is 2.00 bits per heavy atom. The fraction of sp³-hybridized carbons (Fsp3) is 0.765. The fourth-order valence-electron chi connectivity index (χ4n) is 3.11. The average Bonchev–Trinajstić information content (AvgIpc) is 2.49. The van der Waals surface area contributed by atoms with Crippen LogP contribution in [0.25, 0.3) is 0 Å². The topological polar surface area (TPSA) is 41.1 Å². The highest BCUT2D eigenvalue weighted by atomic mass is 15.2. The van der Waals surface area contributed by atoms with Crippen LogP contribution in [0.5, 0.6) is 0 Å². The largest absolute Gasteiger partial charge is 0.353 e. The molecule has 0 aliphatic heterocycles. The predicted molar refractivity (Wildman–Crippen MR) is 88.5 cm³/mol. The Morgan fingerprint density at radius 1 is 1.24 bits per heavy atom. The molecule has 118 valence electrons. The molecule has 1 aromatic rings. The molecule has 0 aromatic carbocycles. The first-order valence-corrected chi connectivity index (χ1v) is 8.49. The molecule has 4 nitrogen and oxygen atoms in total. The second-order valence-corrected chi connectivity index (χ2v) is 6.47. The summed E-state index contributed by atoms with van der Waals surface area (Å²) in [5, 5.41) is 3.44. The lowest BCUT2D eigenvalue weighted by atomic mass is 9.94. The molecule has 1 aliphatic rings. The van der Waals surface area contributed by atoms with Crippen LogP contribution in [0.1, 0.15) is 58.6 Å². The van der Waals surface area contributed by atoms with Crippen LogP contribution in [0, 0.1) is 5.92 Å². The Morgan fingerprint density at radius 3 is 2.67 bits per heavy atom. The van der Waals surface area contributed by atoms with E-state index in [4.69, 9.17) is 4.98 Å². The van der Waals surface area contributed by atoms with Gasteiger partial charge in [-0.25, -0.2) is 4.98 Å². The second-order valence-electron chi connectivity index (χ2n) is 6.47. The maximum atomic E-state index is 4.82. The summed E-state index contributed by atoms with van der Waals surface area (Å²) < 4.78 is 0. The number of anilines is 1. The molecule has 1 heterocycles. The zero-order valence-corrected chi connectivity index (χ0v) is 13.8. The second kappa shape index (κ2) is 8.32. The number of hydrogen-bond donors (Lipinski definition) is 1. The van der Waals surface area contributed by atoms with E-state index in [0.29, 0.717) is 12.0 Å². The Hall–Kier alpha value is -1.16. The number of aromatic nitrogens is 2. The van der Waals surface area contributed by atoms with E-state index in [1.807, 2.05) is 12.4 Å². The zero-order chi connectivity index (χ0) is 15.1. The van der Waals surface area contributed by atoms with Crippen molar-refractivity contribution in [1.82, 2.24) is 15.3 Å². The summed E-state index contributed by atoms with van der Waals surface area (Å²) in [5.41, 5.74) is 1.04. The van der Waals surface area contributed by atoms with Gasteiger partial charge in [0.1, 0.15) is 5.82 Å². The van der Waals surface area contributed by atoms with Gasteiger partial charge in [0.2, 0.25) is 0 Å². The summed E-state index contributed by atoms with van der Waals surface area (Å²) in [5.74, 6) is 1.71. The van der Waals surface area contributed by atoms with Crippen molar-refractivity contribution in [2.24, 2.45) is 5.92 Å². The molecule has 1 saturated carbocycles. The maximum absolute atomic E-state index is 4.82. The maximum Gasteiger partial charge on any atom is 0.147 e. The minimum Gasteiger partial charge on any atom is -0.353 e. The lowest BCUT2D eigenvalue weighted by molar-refractivity contribution is 0.415. The molecule has 1 aliphatic carbocycles. The van der Waals surface area contributed by atoms with Crippen LogP contribution in [0.2, 0.25) is 0 Å². The predicted octanol–water partition coefficient (Wildman–Crippen LogP) is 3.38. The van der Waals surface area contributed by atoms with E-state index in [2.05, 4.69) is 36.0 Å². The monoisotopic (exact) mass is 290 g/mol. The van der Waals surface area contributed by atoms with E-state index in [-0.39, 0.29) is 0 Å². The highest BCUT2D eigenvalue weighted by molar-refractivity contribution is 5.37. The van der Waals surface area contributed by atoms with Gasteiger partial charge in [0.25, 0.3) is 0 Å². The first-order valence-electron chi connectivity index (χ1n) is 8.49. The summed E-state index contributed by atoms with van der Waals surface area (Å²) >= 11 is 0. The molecule has 1 N–H and O–H groups in total. The molecule has 0 atom stereocenters. The lowest BCUT2D eigenvalue weighted by Gasteiger charge is -2.34. The van der Waals surface area contributed by atoms with Gasteiger partial charge < -0.3 is 10.2 Å². The minimum absolute atomic E-state index is 0.650. The van der Waals surface area contributed by atoms with Crippen LogP contribution in [0.3, 0.4) is 0 Å². The Labute approximate surface area is 129 Å². The fourth-order valence-corrected chi connectivity index (χ4v) is 3.11. The van der Waals surface area contributed by atoms with Crippen molar-refractivity contribution in [3.05, 3.63) is 18.1 Å². The molecule has 0 saturated heterocycles. The third-order valence-electron chi connectivity index (χ3n) is 4.18. The normalized spacial score (nSPS) is 16.4. The molecule has 4 heteroatoms. The minimum atomic E-state index is 0.650. The van der Waals surface area contributed by atoms with Crippen LogP contribution in [-0.2, 0) is 6.54 Å². The average molecular weight is 290 g/mol. The molecule has 0 unspecified atom stereocenters. The van der Waals surface area contributed by atoms with Crippen LogP contribution < -0.4 is 10.2 Å². The van der Waals surface area contributed by atoms with Gasteiger partial charge in [-0.05, 0) is 32.2 Å². The van der Waals surface area contributed by atoms with Gasteiger partial charge in [-0.15, -0.1) is 0 Å². The molecule has 0 amide bonds. The van der Waals surface area contributed by atoms with E-state index in [9.17, 15) is 0 Å². The van der Waals surface area contributed by atoms with Gasteiger partial charge in [0, 0.05) is 25.3 Å². The number of nitrogens with zero attached hydrogens (tertiary/aromatic N) is 3. The van der Waals surface area contributed by atoms with Gasteiger partial charge in [-0.3, -0.25) is 4.98 Å². The SMILES string of the molecule is CCN(c1cncc(CNCC(C)C)n1)C1CCCCC1. The summed E-state index contributed by atoms with van der Waals surface area (Å²) in [6, 6.07) is 0.650. The van der Waals surface area contributed by atoms with Crippen molar-refractivity contribution in [3.8, 4) is 0 Å². The molecule has 0 bridgehead atoms. The van der Waals surface area contributed by atoms with Gasteiger partial charge in [0.15, 0.2) is 0 Å². The van der Waals surface area contributed by atoms with E-state index in [1.165, 1.54) is 32.1 Å². The first-order chi connectivity index (χ1) is 10.2. The van der Waals surface area contributed by atoms with Gasteiger partial charge in [-0.1, -0.05) is 33.1 Å². The van der Waals surface area contributed by atoms with Crippen molar-refractivity contribution >= 4 is 5.82 Å². The quantitative estimate of drug-likeness (QED) is 0.836. The Kier molecular flexibility index (Phi) is 6.43. The standard InChI is InChI=1S/C17H30N4/c1-4-21(16-8-6-5-7-9-16)17-13-19-12-15(20-17)11-18-10-14(2)3/h12-14,16,18H,4-11H2,1-3H3. The van der Waals surface area contributed by atoms with Crippen molar-refractivity contribution in [3.63, 3.8) is 0 Å². The number of hydrogen-bond acceptors (Lipinski definition) is 4. The lowest BCUT2D eigenvalue weighted by Crippen LogP contribution is -2.37. The molecule has 2 rings (SSSR count). The van der Waals surface area contributed by atoms with Crippen molar-refractivity contribution in [2.45, 2.75) is 65.5 Å². The smallest absolute Gasteiger partial charge is 0.147 e. The number of nitrogens with one attached hydrogen (secondary N) is 1. The highest BCUT2D eigenvalue weighted by Crippen LogP contribution is 2.25. The molecule has 0 radical (unpaired) electrons. The van der Waals surface area contributed by atoms with Crippen molar-refractivity contribution < 1.29 is 0 Å². The van der Waals surface area contributed by atoms with Crippen LogP contribution in [0.15, 0.2) is 12.4 Å². The van der Waals surface area contributed by atoms with Crippen LogP contribution in [0.4, 0.5) is 5.82 Å². The van der Waals surface area contributed by atoms with E-state index < -0.39 is 0 Å². The van der Waals surface area contributed by atoms with Gasteiger partial charge in [0.05, 0.1) is 11.9 Å². The summed E-state index contributed by atoms with van der Waals surface area (Å²) in [6.45, 7) is 9.50. The van der Waals surface area contributed by atoms with Crippen molar-refractivity contribution in [2.75, 3.05) is 18.0 Å². The summed E-state index contributed by atoms with van der Waals surface area (Å²) in [4.78, 5) is 11.7. The molecule has 0 spiro atoms. The van der Waals surface area contributed by atoms with E-state index in [0.717, 1.165) is 31.1 Å². The molecular weight excluding hydrogens is 260 g/mol. The van der Waals surface area contributed by atoms with E-state index >= 15 is 0 Å². The van der Waals surface area contributed by atoms with Gasteiger partial charge >= 0.3 is 0 Å². The van der Waals surface area contributed by atoms with Crippen LogP contribution >= 0.6 is 0 Å². The van der Waals surface area contributed by atoms with E-state index in [1.54, 1.807) is 0 Å². The molecule has 21 heavy (non-hydrogen) atoms. The number of rotatable bonds is 7. The Balaban J connectivity index is 2.00. The Bertz CT molecular complexity index is 413. The highest BCUT2D eigenvalue weighted by Gasteiger charge is 2.21. The molecular formula is C17H30N4. The first kappa shape index (κ1) is 16.2. The van der Waals surface area contributed by atoms with Gasteiger partial charge in [-0.2, -0.15) is 0 Å². The molecule has 1 fully saturated rings. The summed E-state index contributed by atoms with van der Waals surface area (Å²) in [6.07, 6.45) is 10.5. The van der Waals surface area contributed by atoms with Crippen LogP contribution in [-0.4, -0.2) is 29.1 Å². The third kappa shape index (κ3) is 4.95. The van der Waals surface area contributed by atoms with Crippen molar-refractivity contribution in [1.29, 1.82) is 0 Å².